The Hall–Kier alpha value is -3.48. The molecule has 31 heavy (non-hydrogen) atoms. The van der Waals surface area contributed by atoms with Crippen molar-refractivity contribution in [1.29, 1.82) is 0 Å². The van der Waals surface area contributed by atoms with Gasteiger partial charge in [-0.05, 0) is 55.2 Å². The molecule has 2 aromatic rings. The van der Waals surface area contributed by atoms with Crippen LogP contribution in [0.25, 0.3) is 0 Å². The molecule has 7 nitrogen and oxygen atoms in total. The van der Waals surface area contributed by atoms with Crippen molar-refractivity contribution < 1.29 is 23.9 Å². The molecule has 3 rings (SSSR count). The van der Waals surface area contributed by atoms with Gasteiger partial charge < -0.3 is 10.1 Å². The Bertz CT molecular complexity index is 983. The molecule has 1 heterocycles. The second-order valence-corrected chi connectivity index (χ2v) is 7.60. The molecular weight excluding hydrogens is 396 g/mol. The second kappa shape index (κ2) is 9.55. The number of hydrogen-bond donors (Lipinski definition) is 1. The van der Waals surface area contributed by atoms with Gasteiger partial charge in [0.05, 0.1) is 11.3 Å². The van der Waals surface area contributed by atoms with Gasteiger partial charge >= 0.3 is 5.97 Å². The van der Waals surface area contributed by atoms with Crippen LogP contribution in [0, 0.1) is 0 Å². The third-order valence-electron chi connectivity index (χ3n) is 5.43. The average Bonchev–Trinajstić information content (AvgIpc) is 3.11. The van der Waals surface area contributed by atoms with Crippen molar-refractivity contribution in [2.24, 2.45) is 0 Å². The highest BCUT2D eigenvalue weighted by Gasteiger charge is 2.30. The van der Waals surface area contributed by atoms with Crippen LogP contribution in [0.3, 0.4) is 0 Å². The number of anilines is 2. The van der Waals surface area contributed by atoms with E-state index in [1.807, 2.05) is 24.3 Å². The van der Waals surface area contributed by atoms with Crippen LogP contribution in [0.5, 0.6) is 0 Å². The Morgan fingerprint density at radius 2 is 1.61 bits per heavy atom. The molecule has 0 aliphatic carbocycles. The van der Waals surface area contributed by atoms with E-state index in [1.165, 1.54) is 31.2 Å². The largest absolute Gasteiger partial charge is 0.449 e. The summed E-state index contributed by atoms with van der Waals surface area (Å²) >= 11 is 0. The van der Waals surface area contributed by atoms with Gasteiger partial charge in [-0.2, -0.15) is 0 Å². The predicted octanol–water partition coefficient (Wildman–Crippen LogP) is 4.04. The van der Waals surface area contributed by atoms with Gasteiger partial charge in [-0.1, -0.05) is 32.0 Å². The van der Waals surface area contributed by atoms with Gasteiger partial charge in [0.2, 0.25) is 11.8 Å². The van der Waals surface area contributed by atoms with Gasteiger partial charge in [-0.3, -0.25) is 19.3 Å². The summed E-state index contributed by atoms with van der Waals surface area (Å²) in [7, 11) is 0. The molecule has 2 aromatic carbocycles. The van der Waals surface area contributed by atoms with Crippen molar-refractivity contribution in [3.8, 4) is 0 Å². The maximum atomic E-state index is 12.6. The molecule has 0 saturated carbocycles. The fourth-order valence-corrected chi connectivity index (χ4v) is 3.39. The molecular formula is C24H26N2O5. The number of amides is 3. The Morgan fingerprint density at radius 1 is 1.00 bits per heavy atom. The average molecular weight is 422 g/mol. The highest BCUT2D eigenvalue weighted by atomic mass is 16.5. The zero-order valence-corrected chi connectivity index (χ0v) is 17.9. The van der Waals surface area contributed by atoms with E-state index in [0.717, 1.165) is 16.9 Å². The van der Waals surface area contributed by atoms with Gasteiger partial charge in [0.1, 0.15) is 0 Å². The molecule has 1 saturated heterocycles. The van der Waals surface area contributed by atoms with Crippen molar-refractivity contribution in [3.05, 3.63) is 59.7 Å². The SMILES string of the molecule is CC[C@@H](C)c1ccccc1NC(=O)[C@H](C)OC(=O)c1ccc(N2C(=O)CCC2=O)cc1. The maximum absolute atomic E-state index is 12.6. The maximum Gasteiger partial charge on any atom is 0.338 e. The van der Waals surface area contributed by atoms with Crippen molar-refractivity contribution in [1.82, 2.24) is 0 Å². The first-order chi connectivity index (χ1) is 14.8. The van der Waals surface area contributed by atoms with Crippen LogP contribution in [0.15, 0.2) is 48.5 Å². The molecule has 1 aliphatic rings. The molecule has 1 N–H and O–H groups in total. The number of nitrogens with one attached hydrogen (secondary N) is 1. The van der Waals surface area contributed by atoms with Crippen molar-refractivity contribution in [2.75, 3.05) is 10.2 Å². The van der Waals surface area contributed by atoms with E-state index in [2.05, 4.69) is 19.2 Å². The van der Waals surface area contributed by atoms with Crippen LogP contribution >= 0.6 is 0 Å². The fourth-order valence-electron chi connectivity index (χ4n) is 3.39. The predicted molar refractivity (Wildman–Crippen MR) is 117 cm³/mol. The molecule has 0 spiro atoms. The van der Waals surface area contributed by atoms with Gasteiger partial charge in [-0.15, -0.1) is 0 Å². The molecule has 162 valence electrons. The molecule has 2 atom stereocenters. The van der Waals surface area contributed by atoms with Crippen LogP contribution < -0.4 is 10.2 Å². The fraction of sp³-hybridized carbons (Fsp3) is 0.333. The normalized spacial score (nSPS) is 15.5. The van der Waals surface area contributed by atoms with Crippen LogP contribution in [-0.4, -0.2) is 29.8 Å². The van der Waals surface area contributed by atoms with E-state index in [1.54, 1.807) is 0 Å². The summed E-state index contributed by atoms with van der Waals surface area (Å²) in [6.45, 7) is 5.67. The zero-order valence-electron chi connectivity index (χ0n) is 17.9. The number of hydrogen-bond acceptors (Lipinski definition) is 5. The smallest absolute Gasteiger partial charge is 0.338 e. The summed E-state index contributed by atoms with van der Waals surface area (Å²) in [5.74, 6) is -1.33. The van der Waals surface area contributed by atoms with E-state index in [4.69, 9.17) is 4.74 Å². The molecule has 1 fully saturated rings. The van der Waals surface area contributed by atoms with E-state index in [-0.39, 0.29) is 36.1 Å². The Balaban J connectivity index is 1.63. The molecule has 0 unspecified atom stereocenters. The lowest BCUT2D eigenvalue weighted by atomic mass is 9.97. The summed E-state index contributed by atoms with van der Waals surface area (Å²) in [4.78, 5) is 49.8. The summed E-state index contributed by atoms with van der Waals surface area (Å²) in [5.41, 5.74) is 2.37. The van der Waals surface area contributed by atoms with E-state index in [9.17, 15) is 19.2 Å². The molecule has 1 aliphatic heterocycles. The highest BCUT2D eigenvalue weighted by molar-refractivity contribution is 6.19. The van der Waals surface area contributed by atoms with Gasteiger partial charge in [0, 0.05) is 18.5 Å². The first kappa shape index (κ1) is 22.2. The Kier molecular flexibility index (Phi) is 6.84. The van der Waals surface area contributed by atoms with Crippen molar-refractivity contribution in [3.63, 3.8) is 0 Å². The Labute approximate surface area is 181 Å². The second-order valence-electron chi connectivity index (χ2n) is 7.60. The minimum atomic E-state index is -1.00. The number of nitrogens with zero attached hydrogens (tertiary/aromatic N) is 1. The van der Waals surface area contributed by atoms with Crippen molar-refractivity contribution >= 4 is 35.1 Å². The number of esters is 1. The van der Waals surface area contributed by atoms with Crippen LogP contribution in [0.1, 0.15) is 61.9 Å². The highest BCUT2D eigenvalue weighted by Crippen LogP contribution is 2.27. The topological polar surface area (TPSA) is 92.8 Å². The minimum Gasteiger partial charge on any atom is -0.449 e. The lowest BCUT2D eigenvalue weighted by Crippen LogP contribution is -2.30. The number of carbonyl (C=O) groups excluding carboxylic acids is 4. The van der Waals surface area contributed by atoms with Crippen LogP contribution in [-0.2, 0) is 19.1 Å². The quantitative estimate of drug-likeness (QED) is 0.537. The van der Waals surface area contributed by atoms with Crippen LogP contribution in [0.2, 0.25) is 0 Å². The third-order valence-corrected chi connectivity index (χ3v) is 5.43. The number of rotatable bonds is 7. The van der Waals surface area contributed by atoms with E-state index in [0.29, 0.717) is 11.4 Å². The number of carbonyl (C=O) groups is 4. The van der Waals surface area contributed by atoms with E-state index < -0.39 is 18.0 Å². The third kappa shape index (κ3) is 4.99. The summed E-state index contributed by atoms with van der Waals surface area (Å²) < 4.78 is 5.31. The molecule has 0 bridgehead atoms. The van der Waals surface area contributed by atoms with Crippen LogP contribution in [0.4, 0.5) is 11.4 Å². The van der Waals surface area contributed by atoms with E-state index >= 15 is 0 Å². The van der Waals surface area contributed by atoms with Gasteiger partial charge in [0.25, 0.3) is 5.91 Å². The lowest BCUT2D eigenvalue weighted by Gasteiger charge is -2.18. The molecule has 7 heteroatoms. The zero-order chi connectivity index (χ0) is 22.5. The van der Waals surface area contributed by atoms with Gasteiger partial charge in [-0.25, -0.2) is 4.79 Å². The molecule has 3 amide bonds. The number of imide groups is 1. The Morgan fingerprint density at radius 3 is 2.23 bits per heavy atom. The summed E-state index contributed by atoms with van der Waals surface area (Å²) in [6.07, 6.45) is 0.311. The minimum absolute atomic E-state index is 0.190. The molecule has 0 aromatic heterocycles. The molecule has 0 radical (unpaired) electrons. The number of benzene rings is 2. The first-order valence-electron chi connectivity index (χ1n) is 10.4. The number of ether oxygens (including phenoxy) is 1. The lowest BCUT2D eigenvalue weighted by molar-refractivity contribution is -0.124. The summed E-state index contributed by atoms with van der Waals surface area (Å²) in [6, 6.07) is 13.5. The monoisotopic (exact) mass is 422 g/mol. The number of para-hydroxylation sites is 1. The standard InChI is InChI=1S/C24H26N2O5/c1-4-15(2)19-7-5-6-8-20(19)25-23(29)16(3)31-24(30)17-9-11-18(12-10-17)26-21(27)13-14-22(26)28/h5-12,15-16H,4,13-14H2,1-3H3,(H,25,29)/t15-,16+/m1/s1. The van der Waals surface area contributed by atoms with Crippen molar-refractivity contribution in [2.45, 2.75) is 52.1 Å². The van der Waals surface area contributed by atoms with Gasteiger partial charge in [0.15, 0.2) is 6.10 Å². The summed E-state index contributed by atoms with van der Waals surface area (Å²) in [5, 5.41) is 2.84. The first-order valence-corrected chi connectivity index (χ1v) is 10.4.